The predicted octanol–water partition coefficient (Wildman–Crippen LogP) is 2.77. The van der Waals surface area contributed by atoms with Crippen LogP contribution in [0.1, 0.15) is 25.7 Å². The lowest BCUT2D eigenvalue weighted by molar-refractivity contribution is 0.0644. The summed E-state index contributed by atoms with van der Waals surface area (Å²) in [5, 5.41) is 0. The van der Waals surface area contributed by atoms with Crippen molar-refractivity contribution in [2.75, 3.05) is 38.2 Å². The molecule has 3 nitrogen and oxygen atoms in total. The monoisotopic (exact) mass is 274 g/mol. The Morgan fingerprint density at radius 3 is 2.55 bits per heavy atom. The highest BCUT2D eigenvalue weighted by Crippen LogP contribution is 2.23. The lowest BCUT2D eigenvalue weighted by Gasteiger charge is -2.38. The molecule has 0 N–H and O–H groups in total. The highest BCUT2D eigenvalue weighted by Gasteiger charge is 2.25. The highest BCUT2D eigenvalue weighted by atomic mass is 16.5. The molecule has 2 saturated heterocycles. The number of hydrogen-bond donors (Lipinski definition) is 0. The van der Waals surface area contributed by atoms with Crippen LogP contribution >= 0.6 is 0 Å². The van der Waals surface area contributed by atoms with E-state index in [1.807, 2.05) is 0 Å². The molecule has 3 rings (SSSR count). The quantitative estimate of drug-likeness (QED) is 0.839. The molecule has 0 amide bonds. The average molecular weight is 274 g/mol. The molecule has 20 heavy (non-hydrogen) atoms. The van der Waals surface area contributed by atoms with Crippen molar-refractivity contribution in [3.05, 3.63) is 30.3 Å². The predicted molar refractivity (Wildman–Crippen MR) is 83.3 cm³/mol. The van der Waals surface area contributed by atoms with Gasteiger partial charge >= 0.3 is 0 Å². The van der Waals surface area contributed by atoms with Crippen LogP contribution in [0.15, 0.2) is 30.3 Å². The molecule has 1 atom stereocenters. The number of para-hydroxylation sites is 1. The number of benzene rings is 1. The van der Waals surface area contributed by atoms with Crippen LogP contribution in [0.4, 0.5) is 5.69 Å². The van der Waals surface area contributed by atoms with E-state index in [1.54, 1.807) is 0 Å². The SMILES string of the molecule is CN(c1ccccc1)C1CCN(C[C@@H]2CCCO2)CC1. The zero-order chi connectivity index (χ0) is 13.8. The van der Waals surface area contributed by atoms with E-state index < -0.39 is 0 Å². The molecule has 0 aliphatic carbocycles. The number of hydrogen-bond acceptors (Lipinski definition) is 3. The molecule has 0 bridgehead atoms. The Morgan fingerprint density at radius 2 is 1.90 bits per heavy atom. The molecule has 3 heteroatoms. The maximum atomic E-state index is 5.75. The van der Waals surface area contributed by atoms with Gasteiger partial charge in [-0.3, -0.25) is 0 Å². The number of ether oxygens (including phenoxy) is 1. The van der Waals surface area contributed by atoms with Crippen LogP contribution in [-0.2, 0) is 4.74 Å². The van der Waals surface area contributed by atoms with E-state index in [0.29, 0.717) is 12.1 Å². The van der Waals surface area contributed by atoms with Gasteiger partial charge in [0.05, 0.1) is 6.10 Å². The van der Waals surface area contributed by atoms with Crippen LogP contribution in [0.3, 0.4) is 0 Å². The van der Waals surface area contributed by atoms with Gasteiger partial charge in [0.1, 0.15) is 0 Å². The Kier molecular flexibility index (Phi) is 4.58. The summed E-state index contributed by atoms with van der Waals surface area (Å²) < 4.78 is 5.75. The van der Waals surface area contributed by atoms with Crippen LogP contribution in [0.5, 0.6) is 0 Å². The van der Waals surface area contributed by atoms with Gasteiger partial charge < -0.3 is 14.5 Å². The molecular formula is C17H26N2O. The molecule has 2 aliphatic heterocycles. The van der Waals surface area contributed by atoms with Crippen LogP contribution in [0.25, 0.3) is 0 Å². The molecule has 0 aromatic heterocycles. The Balaban J connectivity index is 1.48. The molecule has 2 fully saturated rings. The number of nitrogens with zero attached hydrogens (tertiary/aromatic N) is 2. The Morgan fingerprint density at radius 1 is 1.15 bits per heavy atom. The van der Waals surface area contributed by atoms with E-state index in [0.717, 1.165) is 13.2 Å². The molecule has 0 radical (unpaired) electrons. The van der Waals surface area contributed by atoms with Gasteiger partial charge in [-0.05, 0) is 37.8 Å². The van der Waals surface area contributed by atoms with E-state index in [9.17, 15) is 0 Å². The van der Waals surface area contributed by atoms with Crippen molar-refractivity contribution in [1.29, 1.82) is 0 Å². The Hall–Kier alpha value is -1.06. The van der Waals surface area contributed by atoms with Crippen LogP contribution in [0.2, 0.25) is 0 Å². The summed E-state index contributed by atoms with van der Waals surface area (Å²) in [6, 6.07) is 11.4. The van der Waals surface area contributed by atoms with Crippen LogP contribution in [-0.4, -0.2) is 50.3 Å². The van der Waals surface area contributed by atoms with E-state index >= 15 is 0 Å². The fourth-order valence-electron chi connectivity index (χ4n) is 3.44. The first-order valence-electron chi connectivity index (χ1n) is 7.95. The van der Waals surface area contributed by atoms with Crippen LogP contribution < -0.4 is 4.90 Å². The van der Waals surface area contributed by atoms with Gasteiger partial charge in [-0.2, -0.15) is 0 Å². The van der Waals surface area contributed by atoms with Gasteiger partial charge in [-0.1, -0.05) is 18.2 Å². The number of likely N-dealkylation sites (tertiary alicyclic amines) is 1. The van der Waals surface area contributed by atoms with Crippen molar-refractivity contribution in [3.63, 3.8) is 0 Å². The van der Waals surface area contributed by atoms with Gasteiger partial charge in [-0.25, -0.2) is 0 Å². The average Bonchev–Trinajstić information content (AvgIpc) is 3.01. The van der Waals surface area contributed by atoms with Gasteiger partial charge in [0.25, 0.3) is 0 Å². The first-order valence-corrected chi connectivity index (χ1v) is 7.95. The number of piperidine rings is 1. The lowest BCUT2D eigenvalue weighted by Crippen LogP contribution is -2.45. The Labute approximate surface area is 122 Å². The second-order valence-electron chi connectivity index (χ2n) is 6.11. The van der Waals surface area contributed by atoms with Gasteiger partial charge in [0, 0.05) is 45.0 Å². The zero-order valence-corrected chi connectivity index (χ0v) is 12.5. The Bertz CT molecular complexity index is 395. The summed E-state index contributed by atoms with van der Waals surface area (Å²) in [6.45, 7) is 4.53. The standard InChI is InChI=1S/C17H26N2O/c1-18(15-6-3-2-4-7-15)16-9-11-19(12-10-16)14-17-8-5-13-20-17/h2-4,6-7,16-17H,5,8-14H2,1H3/t17-/m0/s1. The second kappa shape index (κ2) is 6.59. The fraction of sp³-hybridized carbons (Fsp3) is 0.647. The van der Waals surface area contributed by atoms with E-state index in [4.69, 9.17) is 4.74 Å². The molecule has 0 saturated carbocycles. The maximum absolute atomic E-state index is 5.75. The molecular weight excluding hydrogens is 248 g/mol. The van der Waals surface area contributed by atoms with Gasteiger partial charge in [0.15, 0.2) is 0 Å². The minimum atomic E-state index is 0.499. The summed E-state index contributed by atoms with van der Waals surface area (Å²) >= 11 is 0. The normalized spacial score (nSPS) is 24.9. The minimum Gasteiger partial charge on any atom is -0.377 e. The largest absolute Gasteiger partial charge is 0.377 e. The van der Waals surface area contributed by atoms with Crippen molar-refractivity contribution in [2.45, 2.75) is 37.8 Å². The third-order valence-electron chi connectivity index (χ3n) is 4.75. The van der Waals surface area contributed by atoms with Gasteiger partial charge in [0.2, 0.25) is 0 Å². The lowest BCUT2D eigenvalue weighted by atomic mass is 10.0. The zero-order valence-electron chi connectivity index (χ0n) is 12.5. The maximum Gasteiger partial charge on any atom is 0.0702 e. The summed E-state index contributed by atoms with van der Waals surface area (Å²) in [7, 11) is 2.23. The van der Waals surface area contributed by atoms with E-state index in [2.05, 4.69) is 47.2 Å². The molecule has 1 aromatic carbocycles. The summed E-state index contributed by atoms with van der Waals surface area (Å²) in [5.74, 6) is 0. The fourth-order valence-corrected chi connectivity index (χ4v) is 3.44. The molecule has 1 aromatic rings. The minimum absolute atomic E-state index is 0.499. The third kappa shape index (κ3) is 3.33. The van der Waals surface area contributed by atoms with E-state index in [-0.39, 0.29) is 0 Å². The topological polar surface area (TPSA) is 15.7 Å². The molecule has 2 aliphatic rings. The van der Waals surface area contributed by atoms with E-state index in [1.165, 1.54) is 44.5 Å². The summed E-state index contributed by atoms with van der Waals surface area (Å²) in [4.78, 5) is 5.04. The summed E-state index contributed by atoms with van der Waals surface area (Å²) in [5.41, 5.74) is 1.34. The number of anilines is 1. The van der Waals surface area contributed by atoms with Crippen molar-refractivity contribution in [3.8, 4) is 0 Å². The summed E-state index contributed by atoms with van der Waals surface area (Å²) in [6.07, 6.45) is 5.52. The highest BCUT2D eigenvalue weighted by molar-refractivity contribution is 5.46. The second-order valence-corrected chi connectivity index (χ2v) is 6.11. The molecule has 2 heterocycles. The van der Waals surface area contributed by atoms with Crippen molar-refractivity contribution >= 4 is 5.69 Å². The molecule has 0 spiro atoms. The molecule has 0 unspecified atom stereocenters. The van der Waals surface area contributed by atoms with Gasteiger partial charge in [-0.15, -0.1) is 0 Å². The van der Waals surface area contributed by atoms with Crippen molar-refractivity contribution < 1.29 is 4.74 Å². The first-order chi connectivity index (χ1) is 9.83. The van der Waals surface area contributed by atoms with Crippen molar-refractivity contribution in [1.82, 2.24) is 4.90 Å². The van der Waals surface area contributed by atoms with Crippen LogP contribution in [0, 0.1) is 0 Å². The number of rotatable bonds is 4. The molecule has 110 valence electrons. The van der Waals surface area contributed by atoms with Crippen molar-refractivity contribution in [2.24, 2.45) is 0 Å². The first kappa shape index (κ1) is 13.9. The smallest absolute Gasteiger partial charge is 0.0702 e. The third-order valence-corrected chi connectivity index (χ3v) is 4.75.